The van der Waals surface area contributed by atoms with Crippen LogP contribution in [0.5, 0.6) is 5.75 Å². The summed E-state index contributed by atoms with van der Waals surface area (Å²) < 4.78 is 5.75. The van der Waals surface area contributed by atoms with Crippen LogP contribution in [0.2, 0.25) is 0 Å². The number of phenols is 1. The molecule has 1 aliphatic heterocycles. The van der Waals surface area contributed by atoms with Crippen molar-refractivity contribution < 1.29 is 14.6 Å². The molecule has 1 aromatic carbocycles. The Labute approximate surface area is 125 Å². The van der Waals surface area contributed by atoms with Gasteiger partial charge in [0.1, 0.15) is 11.4 Å². The number of fused-ring (bicyclic) bond motifs is 5. The largest absolute Gasteiger partial charge is 0.508 e. The molecule has 4 atom stereocenters. The van der Waals surface area contributed by atoms with Crippen molar-refractivity contribution in [2.75, 3.05) is 0 Å². The third-order valence-electron chi connectivity index (χ3n) is 6.05. The van der Waals surface area contributed by atoms with E-state index in [1.807, 2.05) is 12.1 Å². The number of hydrogen-bond donors (Lipinski definition) is 1. The number of carbonyl (C=O) groups is 1. The van der Waals surface area contributed by atoms with E-state index in [9.17, 15) is 9.90 Å². The number of rotatable bonds is 0. The summed E-state index contributed by atoms with van der Waals surface area (Å²) in [6.45, 7) is 2.14. The topological polar surface area (TPSA) is 46.5 Å². The lowest BCUT2D eigenvalue weighted by atomic mass is 9.57. The van der Waals surface area contributed by atoms with E-state index in [4.69, 9.17) is 4.74 Å². The van der Waals surface area contributed by atoms with Crippen molar-refractivity contribution in [3.63, 3.8) is 0 Å². The maximum Gasteiger partial charge on any atom is 0.306 e. The summed E-state index contributed by atoms with van der Waals surface area (Å²) >= 11 is 0. The van der Waals surface area contributed by atoms with Crippen LogP contribution in [0.15, 0.2) is 18.2 Å². The van der Waals surface area contributed by atoms with Crippen LogP contribution in [-0.2, 0) is 16.0 Å². The molecule has 1 heterocycles. The second kappa shape index (κ2) is 4.49. The minimum absolute atomic E-state index is 0.0201. The Hall–Kier alpha value is -1.51. The van der Waals surface area contributed by atoms with Crippen LogP contribution in [0, 0.1) is 11.8 Å². The van der Waals surface area contributed by atoms with E-state index in [2.05, 4.69) is 13.0 Å². The quantitative estimate of drug-likeness (QED) is 0.742. The molecule has 1 N–H and O–H groups in total. The molecule has 0 spiro atoms. The fraction of sp³-hybridized carbons (Fsp3) is 0.611. The van der Waals surface area contributed by atoms with Crippen LogP contribution in [0.1, 0.15) is 56.1 Å². The number of ether oxygens (including phenoxy) is 1. The molecule has 0 unspecified atom stereocenters. The number of phenolic OH excluding ortho intramolecular Hbond substituents is 1. The van der Waals surface area contributed by atoms with Crippen LogP contribution in [0.3, 0.4) is 0 Å². The first-order chi connectivity index (χ1) is 10.1. The maximum absolute atomic E-state index is 11.7. The van der Waals surface area contributed by atoms with E-state index in [1.54, 1.807) is 0 Å². The Morgan fingerprint density at radius 1 is 1.24 bits per heavy atom. The predicted octanol–water partition coefficient (Wildman–Crippen LogP) is 3.54. The van der Waals surface area contributed by atoms with E-state index in [1.165, 1.54) is 11.1 Å². The second-order valence-electron chi connectivity index (χ2n) is 7.16. The van der Waals surface area contributed by atoms with Gasteiger partial charge in [-0.2, -0.15) is 0 Å². The first kappa shape index (κ1) is 13.2. The molecule has 112 valence electrons. The SMILES string of the molecule is C[C@]12CC[C@H]3c4ccc(O)cc4CC[C@@H]3[C@@H]1CCC(=O)O2. The average molecular weight is 286 g/mol. The first-order valence-corrected chi connectivity index (χ1v) is 8.10. The summed E-state index contributed by atoms with van der Waals surface area (Å²) in [5.74, 6) is 2.04. The molecule has 3 heteroatoms. The lowest BCUT2D eigenvalue weighted by Gasteiger charge is -2.53. The second-order valence-corrected chi connectivity index (χ2v) is 7.16. The van der Waals surface area contributed by atoms with Crippen molar-refractivity contribution in [1.29, 1.82) is 0 Å². The lowest BCUT2D eigenvalue weighted by molar-refractivity contribution is -0.185. The van der Waals surface area contributed by atoms with Crippen LogP contribution in [0.4, 0.5) is 0 Å². The molecule has 0 amide bonds. The van der Waals surface area contributed by atoms with Crippen LogP contribution >= 0.6 is 0 Å². The summed E-state index contributed by atoms with van der Waals surface area (Å²) in [6, 6.07) is 5.86. The monoisotopic (exact) mass is 286 g/mol. The number of hydrogen-bond acceptors (Lipinski definition) is 3. The Bertz CT molecular complexity index is 594. The minimum Gasteiger partial charge on any atom is -0.508 e. The predicted molar refractivity (Wildman–Crippen MR) is 79.1 cm³/mol. The maximum atomic E-state index is 11.7. The molecule has 1 aromatic rings. The van der Waals surface area contributed by atoms with E-state index < -0.39 is 0 Å². The molecule has 3 aliphatic rings. The van der Waals surface area contributed by atoms with Gasteiger partial charge in [0.25, 0.3) is 0 Å². The van der Waals surface area contributed by atoms with Crippen molar-refractivity contribution in [1.82, 2.24) is 0 Å². The van der Waals surface area contributed by atoms with Gasteiger partial charge in [-0.25, -0.2) is 0 Å². The molecule has 4 rings (SSSR count). The Morgan fingerprint density at radius 3 is 2.95 bits per heavy atom. The molecule has 2 fully saturated rings. The molecular weight excluding hydrogens is 264 g/mol. The van der Waals surface area contributed by atoms with Gasteiger partial charge in [0.05, 0.1) is 0 Å². The lowest BCUT2D eigenvalue weighted by Crippen LogP contribution is -2.52. The van der Waals surface area contributed by atoms with Crippen molar-refractivity contribution in [2.24, 2.45) is 11.8 Å². The van der Waals surface area contributed by atoms with Crippen molar-refractivity contribution in [2.45, 2.75) is 57.0 Å². The molecule has 2 aliphatic carbocycles. The van der Waals surface area contributed by atoms with Gasteiger partial charge in [0.15, 0.2) is 0 Å². The summed E-state index contributed by atoms with van der Waals surface area (Å²) in [5, 5.41) is 9.68. The summed E-state index contributed by atoms with van der Waals surface area (Å²) in [4.78, 5) is 11.7. The normalized spacial score (nSPS) is 38.0. The Balaban J connectivity index is 1.69. The van der Waals surface area contributed by atoms with Crippen LogP contribution in [-0.4, -0.2) is 16.7 Å². The molecule has 1 saturated carbocycles. The minimum atomic E-state index is -0.245. The van der Waals surface area contributed by atoms with Gasteiger partial charge >= 0.3 is 5.97 Å². The molecule has 3 nitrogen and oxygen atoms in total. The number of aryl methyl sites for hydroxylation is 1. The summed E-state index contributed by atoms with van der Waals surface area (Å²) in [6.07, 6.45) is 5.79. The first-order valence-electron chi connectivity index (χ1n) is 8.10. The van der Waals surface area contributed by atoms with Gasteiger partial charge in [0, 0.05) is 12.3 Å². The fourth-order valence-electron chi connectivity index (χ4n) is 5.09. The van der Waals surface area contributed by atoms with Crippen LogP contribution < -0.4 is 0 Å². The third-order valence-corrected chi connectivity index (χ3v) is 6.05. The highest BCUT2D eigenvalue weighted by Crippen LogP contribution is 2.55. The Kier molecular flexibility index (Phi) is 2.82. The smallest absolute Gasteiger partial charge is 0.306 e. The third kappa shape index (κ3) is 1.97. The fourth-order valence-corrected chi connectivity index (χ4v) is 5.09. The molecule has 0 radical (unpaired) electrons. The zero-order valence-electron chi connectivity index (χ0n) is 12.5. The summed E-state index contributed by atoms with van der Waals surface area (Å²) in [5.41, 5.74) is 2.49. The van der Waals surface area contributed by atoms with Crippen molar-refractivity contribution in [3.8, 4) is 5.75 Å². The van der Waals surface area contributed by atoms with Crippen LogP contribution in [0.25, 0.3) is 0 Å². The number of carbonyl (C=O) groups excluding carboxylic acids is 1. The highest BCUT2D eigenvalue weighted by molar-refractivity contribution is 5.71. The number of benzene rings is 1. The zero-order valence-corrected chi connectivity index (χ0v) is 12.5. The zero-order chi connectivity index (χ0) is 14.6. The van der Waals surface area contributed by atoms with Gasteiger partial charge in [-0.05, 0) is 74.1 Å². The van der Waals surface area contributed by atoms with E-state index >= 15 is 0 Å². The molecule has 0 bridgehead atoms. The van der Waals surface area contributed by atoms with E-state index in [0.29, 0.717) is 29.9 Å². The molecular formula is C18H22O3. The molecule has 0 aromatic heterocycles. The standard InChI is InChI=1S/C18H22O3/c1-18-9-8-14-13-5-3-12(19)10-11(13)2-4-15(14)16(18)6-7-17(20)21-18/h3,5,10,14-16,19H,2,4,6-9H2,1H3/t14-,15-,16-,18-/m0/s1. The van der Waals surface area contributed by atoms with Crippen molar-refractivity contribution in [3.05, 3.63) is 29.3 Å². The van der Waals surface area contributed by atoms with E-state index in [-0.39, 0.29) is 11.6 Å². The molecule has 21 heavy (non-hydrogen) atoms. The number of esters is 1. The van der Waals surface area contributed by atoms with Crippen molar-refractivity contribution >= 4 is 5.97 Å². The van der Waals surface area contributed by atoms with Gasteiger partial charge in [-0.3, -0.25) is 4.79 Å². The highest BCUT2D eigenvalue weighted by Gasteiger charge is 2.52. The highest BCUT2D eigenvalue weighted by atomic mass is 16.6. The van der Waals surface area contributed by atoms with E-state index in [0.717, 1.165) is 32.1 Å². The molecule has 1 saturated heterocycles. The van der Waals surface area contributed by atoms with Gasteiger partial charge in [-0.15, -0.1) is 0 Å². The van der Waals surface area contributed by atoms with Gasteiger partial charge in [0.2, 0.25) is 0 Å². The number of aromatic hydroxyl groups is 1. The van der Waals surface area contributed by atoms with Gasteiger partial charge in [-0.1, -0.05) is 6.07 Å². The Morgan fingerprint density at radius 2 is 2.10 bits per heavy atom. The van der Waals surface area contributed by atoms with Gasteiger partial charge < -0.3 is 9.84 Å². The average Bonchev–Trinajstić information content (AvgIpc) is 2.45. The summed E-state index contributed by atoms with van der Waals surface area (Å²) in [7, 11) is 0.